The van der Waals surface area contributed by atoms with E-state index >= 15 is 0 Å². The number of aryl methyl sites for hydroxylation is 1. The van der Waals surface area contributed by atoms with Gasteiger partial charge in [0.25, 0.3) is 0 Å². The Morgan fingerprint density at radius 3 is 2.48 bits per heavy atom. The molecule has 0 unspecified atom stereocenters. The zero-order chi connectivity index (χ0) is 15.6. The van der Waals surface area contributed by atoms with Gasteiger partial charge in [-0.15, -0.1) is 11.6 Å². The lowest BCUT2D eigenvalue weighted by Crippen LogP contribution is -2.13. The molecule has 21 heavy (non-hydrogen) atoms. The summed E-state index contributed by atoms with van der Waals surface area (Å²) >= 11 is 12.0. The smallest absolute Gasteiger partial charge is 0.238 e. The molecule has 2 nitrogen and oxygen atoms in total. The number of nitrogens with zero attached hydrogens (tertiary/aromatic N) is 1. The van der Waals surface area contributed by atoms with Crippen LogP contribution in [0.1, 0.15) is 37.5 Å². The van der Waals surface area contributed by atoms with Gasteiger partial charge in [-0.05, 0) is 30.0 Å². The Bertz CT molecular complexity index is 648. The van der Waals surface area contributed by atoms with Crippen molar-refractivity contribution in [1.82, 2.24) is 4.98 Å². The molecule has 0 radical (unpaired) electrons. The minimum atomic E-state index is -0.0239. The lowest BCUT2D eigenvalue weighted by Gasteiger charge is -2.23. The first kappa shape index (κ1) is 16.1. The molecule has 0 spiro atoms. The highest BCUT2D eigenvalue weighted by Crippen LogP contribution is 2.36. The molecular formula is C17H19Cl2NO. The fourth-order valence-corrected chi connectivity index (χ4v) is 2.41. The van der Waals surface area contributed by atoms with Crippen LogP contribution in [0.3, 0.4) is 0 Å². The first-order valence-electron chi connectivity index (χ1n) is 6.80. The molecule has 0 aliphatic carbocycles. The quantitative estimate of drug-likeness (QED) is 0.659. The van der Waals surface area contributed by atoms with E-state index in [0.717, 1.165) is 16.9 Å². The van der Waals surface area contributed by atoms with Gasteiger partial charge in [0, 0.05) is 17.6 Å². The number of hydrogen-bond acceptors (Lipinski definition) is 2. The standard InChI is InChI=1S/C17H19Cl2NO/c1-11-5-6-15(13(7-11)17(2,3)4)21-16-14(19)8-12(9-18)10-20-16/h5-8,10H,9H2,1-4H3. The summed E-state index contributed by atoms with van der Waals surface area (Å²) in [6.07, 6.45) is 1.68. The molecule has 112 valence electrons. The summed E-state index contributed by atoms with van der Waals surface area (Å²) in [7, 11) is 0. The van der Waals surface area contributed by atoms with Crippen molar-refractivity contribution >= 4 is 23.2 Å². The molecule has 0 bridgehead atoms. The maximum atomic E-state index is 6.21. The van der Waals surface area contributed by atoms with Gasteiger partial charge in [-0.25, -0.2) is 4.98 Å². The number of rotatable bonds is 3. The summed E-state index contributed by atoms with van der Waals surface area (Å²) in [4.78, 5) is 4.25. The predicted molar refractivity (Wildman–Crippen MR) is 88.8 cm³/mol. The van der Waals surface area contributed by atoms with Gasteiger partial charge in [0.05, 0.1) is 0 Å². The van der Waals surface area contributed by atoms with Gasteiger partial charge in [0.1, 0.15) is 10.8 Å². The summed E-state index contributed by atoms with van der Waals surface area (Å²) in [6.45, 7) is 8.53. The van der Waals surface area contributed by atoms with Gasteiger partial charge in [-0.1, -0.05) is 50.1 Å². The molecule has 2 rings (SSSR count). The Labute approximate surface area is 136 Å². The van der Waals surface area contributed by atoms with E-state index in [1.165, 1.54) is 5.56 Å². The van der Waals surface area contributed by atoms with Crippen molar-refractivity contribution in [3.63, 3.8) is 0 Å². The second-order valence-electron chi connectivity index (χ2n) is 6.12. The highest BCUT2D eigenvalue weighted by atomic mass is 35.5. The summed E-state index contributed by atoms with van der Waals surface area (Å²) in [5, 5.41) is 0.466. The van der Waals surface area contributed by atoms with Crippen molar-refractivity contribution in [2.45, 2.75) is 39.0 Å². The van der Waals surface area contributed by atoms with Crippen LogP contribution in [0.25, 0.3) is 0 Å². The van der Waals surface area contributed by atoms with Crippen molar-refractivity contribution in [2.75, 3.05) is 0 Å². The molecule has 4 heteroatoms. The molecule has 1 aromatic carbocycles. The van der Waals surface area contributed by atoms with Gasteiger partial charge in [-0.3, -0.25) is 0 Å². The van der Waals surface area contributed by atoms with Crippen LogP contribution < -0.4 is 4.74 Å². The maximum Gasteiger partial charge on any atom is 0.238 e. The fourth-order valence-electron chi connectivity index (χ4n) is 2.04. The number of pyridine rings is 1. The fraction of sp³-hybridized carbons (Fsp3) is 0.353. The second kappa shape index (κ2) is 6.25. The third kappa shape index (κ3) is 3.90. The van der Waals surface area contributed by atoms with Crippen LogP contribution in [-0.4, -0.2) is 4.98 Å². The van der Waals surface area contributed by atoms with Crippen LogP contribution in [0.4, 0.5) is 0 Å². The number of halogens is 2. The van der Waals surface area contributed by atoms with Crippen LogP contribution in [0.2, 0.25) is 5.02 Å². The molecule has 0 aliphatic heterocycles. The predicted octanol–water partition coefficient (Wildman–Crippen LogP) is 5.87. The number of alkyl halides is 1. The maximum absolute atomic E-state index is 6.21. The summed E-state index contributed by atoms with van der Waals surface area (Å²) < 4.78 is 5.94. The molecule has 1 heterocycles. The molecule has 0 N–H and O–H groups in total. The average Bonchev–Trinajstić information content (AvgIpc) is 2.41. The zero-order valence-electron chi connectivity index (χ0n) is 12.7. The first-order valence-corrected chi connectivity index (χ1v) is 7.72. The van der Waals surface area contributed by atoms with E-state index in [-0.39, 0.29) is 5.41 Å². The average molecular weight is 324 g/mol. The van der Waals surface area contributed by atoms with E-state index in [1.54, 1.807) is 12.3 Å². The normalized spacial score (nSPS) is 11.5. The highest BCUT2D eigenvalue weighted by molar-refractivity contribution is 6.32. The van der Waals surface area contributed by atoms with Crippen molar-refractivity contribution in [3.8, 4) is 11.6 Å². The molecule has 0 saturated heterocycles. The Kier molecular flexibility index (Phi) is 4.80. The highest BCUT2D eigenvalue weighted by Gasteiger charge is 2.20. The van der Waals surface area contributed by atoms with E-state index in [1.807, 2.05) is 12.1 Å². The number of benzene rings is 1. The minimum absolute atomic E-state index is 0.0239. The largest absolute Gasteiger partial charge is 0.437 e. The molecule has 2 aromatic rings. The van der Waals surface area contributed by atoms with Crippen molar-refractivity contribution in [3.05, 3.63) is 52.2 Å². The van der Waals surface area contributed by atoms with E-state index in [0.29, 0.717) is 16.8 Å². The lowest BCUT2D eigenvalue weighted by atomic mass is 9.85. The van der Waals surface area contributed by atoms with Gasteiger partial charge >= 0.3 is 0 Å². The molecule has 0 saturated carbocycles. The molecule has 1 aromatic heterocycles. The van der Waals surface area contributed by atoms with Crippen molar-refractivity contribution in [1.29, 1.82) is 0 Å². The lowest BCUT2D eigenvalue weighted by molar-refractivity contribution is 0.439. The third-order valence-corrected chi connectivity index (χ3v) is 3.75. The van der Waals surface area contributed by atoms with Gasteiger partial charge < -0.3 is 4.74 Å². The SMILES string of the molecule is Cc1ccc(Oc2ncc(CCl)cc2Cl)c(C(C)(C)C)c1. The van der Waals surface area contributed by atoms with Crippen molar-refractivity contribution in [2.24, 2.45) is 0 Å². The molecule has 0 atom stereocenters. The van der Waals surface area contributed by atoms with Crippen LogP contribution in [0.15, 0.2) is 30.5 Å². The number of hydrogen-bond donors (Lipinski definition) is 0. The minimum Gasteiger partial charge on any atom is -0.437 e. The molecule has 0 fully saturated rings. The van der Waals surface area contributed by atoms with Gasteiger partial charge in [0.15, 0.2) is 0 Å². The van der Waals surface area contributed by atoms with Crippen LogP contribution in [0, 0.1) is 6.92 Å². The van der Waals surface area contributed by atoms with E-state index in [4.69, 9.17) is 27.9 Å². The molecule has 0 aliphatic rings. The van der Waals surface area contributed by atoms with E-state index < -0.39 is 0 Å². The number of aromatic nitrogens is 1. The van der Waals surface area contributed by atoms with E-state index in [2.05, 4.69) is 38.7 Å². The third-order valence-electron chi connectivity index (χ3n) is 3.17. The molecule has 0 amide bonds. The summed E-state index contributed by atoms with van der Waals surface area (Å²) in [5.74, 6) is 1.56. The Morgan fingerprint density at radius 2 is 1.90 bits per heavy atom. The Balaban J connectivity index is 2.40. The number of ether oxygens (including phenoxy) is 1. The second-order valence-corrected chi connectivity index (χ2v) is 6.79. The summed E-state index contributed by atoms with van der Waals surface area (Å²) in [5.41, 5.74) is 3.17. The molecular weight excluding hydrogens is 305 g/mol. The van der Waals surface area contributed by atoms with Crippen molar-refractivity contribution < 1.29 is 4.74 Å². The first-order chi connectivity index (χ1) is 9.81. The Hall–Kier alpha value is -1.25. The van der Waals surface area contributed by atoms with Crippen LogP contribution in [-0.2, 0) is 11.3 Å². The van der Waals surface area contributed by atoms with Crippen LogP contribution in [0.5, 0.6) is 11.6 Å². The zero-order valence-corrected chi connectivity index (χ0v) is 14.2. The Morgan fingerprint density at radius 1 is 1.19 bits per heavy atom. The summed E-state index contributed by atoms with van der Waals surface area (Å²) in [6, 6.07) is 7.90. The van der Waals surface area contributed by atoms with E-state index in [9.17, 15) is 0 Å². The monoisotopic (exact) mass is 323 g/mol. The van der Waals surface area contributed by atoms with Crippen LogP contribution >= 0.6 is 23.2 Å². The van der Waals surface area contributed by atoms with Gasteiger partial charge in [0.2, 0.25) is 5.88 Å². The van der Waals surface area contributed by atoms with Gasteiger partial charge in [-0.2, -0.15) is 0 Å². The topological polar surface area (TPSA) is 22.1 Å².